The summed E-state index contributed by atoms with van der Waals surface area (Å²) in [5.74, 6) is 0.815. The minimum Gasteiger partial charge on any atom is -0.490 e. The van der Waals surface area contributed by atoms with Crippen LogP contribution in [0.3, 0.4) is 0 Å². The van der Waals surface area contributed by atoms with Crippen molar-refractivity contribution in [3.8, 4) is 17.0 Å². The van der Waals surface area contributed by atoms with Crippen LogP contribution in [0.1, 0.15) is 40.3 Å². The van der Waals surface area contributed by atoms with E-state index in [1.165, 1.54) is 12.1 Å². The number of fused-ring (bicyclic) bond motifs is 1. The zero-order valence-corrected chi connectivity index (χ0v) is 18.6. The number of benzene rings is 1. The maximum atomic E-state index is 13.3. The molecule has 1 saturated heterocycles. The number of carbonyl (C=O) groups is 1. The van der Waals surface area contributed by atoms with Crippen molar-refractivity contribution < 1.29 is 23.8 Å². The van der Waals surface area contributed by atoms with Crippen LogP contribution in [0.5, 0.6) is 5.75 Å². The van der Waals surface area contributed by atoms with E-state index in [1.54, 1.807) is 36.9 Å². The molecule has 3 atom stereocenters. The van der Waals surface area contributed by atoms with Gasteiger partial charge in [-0.2, -0.15) is 0 Å². The van der Waals surface area contributed by atoms with Gasteiger partial charge >= 0.3 is 6.09 Å². The van der Waals surface area contributed by atoms with Gasteiger partial charge in [-0.05, 0) is 58.9 Å². The number of piperidine rings is 1. The summed E-state index contributed by atoms with van der Waals surface area (Å²) >= 11 is 0. The van der Waals surface area contributed by atoms with E-state index >= 15 is 0 Å². The predicted octanol–water partition coefficient (Wildman–Crippen LogP) is 4.36. The molecule has 31 heavy (non-hydrogen) atoms. The van der Waals surface area contributed by atoms with Gasteiger partial charge in [0.25, 0.3) is 0 Å². The molecule has 1 unspecified atom stereocenters. The lowest BCUT2D eigenvalue weighted by Gasteiger charge is -2.26. The van der Waals surface area contributed by atoms with E-state index in [4.69, 9.17) is 9.47 Å². The summed E-state index contributed by atoms with van der Waals surface area (Å²) in [6.07, 6.45) is -0.276. The normalized spacial score (nSPS) is 22.8. The summed E-state index contributed by atoms with van der Waals surface area (Å²) in [7, 11) is 0. The first kappa shape index (κ1) is 21.6. The number of aromatic nitrogens is 1. The molecular formula is C24H29FN2O4. The third kappa shape index (κ3) is 4.82. The molecule has 2 aliphatic rings. The van der Waals surface area contributed by atoms with E-state index in [-0.39, 0.29) is 29.9 Å². The lowest BCUT2D eigenvalue weighted by molar-refractivity contribution is 0.0253. The quantitative estimate of drug-likeness (QED) is 0.784. The Balaban J connectivity index is 1.48. The number of hydrogen-bond acceptors (Lipinski definition) is 5. The fourth-order valence-electron chi connectivity index (χ4n) is 3.93. The highest BCUT2D eigenvalue weighted by Gasteiger charge is 2.59. The summed E-state index contributed by atoms with van der Waals surface area (Å²) in [5.41, 5.74) is 0.160. The lowest BCUT2D eigenvalue weighted by atomic mass is 10.0. The molecule has 0 bridgehead atoms. The van der Waals surface area contributed by atoms with Crippen molar-refractivity contribution in [2.45, 2.75) is 51.9 Å². The van der Waals surface area contributed by atoms with Gasteiger partial charge < -0.3 is 19.5 Å². The molecule has 1 aromatic carbocycles. The summed E-state index contributed by atoms with van der Waals surface area (Å²) in [5, 5.41) is 10.5. The van der Waals surface area contributed by atoms with Crippen LogP contribution < -0.4 is 4.74 Å². The molecule has 166 valence electrons. The van der Waals surface area contributed by atoms with Gasteiger partial charge in [0.1, 0.15) is 28.9 Å². The number of halogens is 1. The zero-order chi connectivity index (χ0) is 22.6. The number of nitrogens with zero attached hydrogens (tertiary/aromatic N) is 2. The van der Waals surface area contributed by atoms with Crippen LogP contribution in [0.25, 0.3) is 11.3 Å². The monoisotopic (exact) mass is 428 g/mol. The Morgan fingerprint density at radius 1 is 1.10 bits per heavy atom. The highest BCUT2D eigenvalue weighted by Crippen LogP contribution is 2.48. The van der Waals surface area contributed by atoms with E-state index in [1.807, 2.05) is 26.8 Å². The molecule has 0 radical (unpaired) electrons. The molecule has 1 aliphatic heterocycles. The van der Waals surface area contributed by atoms with Gasteiger partial charge in [0.2, 0.25) is 0 Å². The number of hydrogen-bond donors (Lipinski definition) is 1. The second-order valence-corrected chi connectivity index (χ2v) is 9.93. The molecule has 4 rings (SSSR count). The largest absolute Gasteiger partial charge is 0.490 e. The van der Waals surface area contributed by atoms with Gasteiger partial charge in [0.05, 0.1) is 11.4 Å². The van der Waals surface area contributed by atoms with Crippen molar-refractivity contribution in [2.24, 2.45) is 11.8 Å². The average molecular weight is 429 g/mol. The number of likely N-dealkylation sites (tertiary alicyclic amines) is 1. The summed E-state index contributed by atoms with van der Waals surface area (Å²) < 4.78 is 25.0. The van der Waals surface area contributed by atoms with E-state index in [0.29, 0.717) is 30.2 Å². The number of ether oxygens (including phenoxy) is 2. The van der Waals surface area contributed by atoms with Crippen molar-refractivity contribution >= 4 is 6.09 Å². The zero-order valence-electron chi connectivity index (χ0n) is 18.6. The number of rotatable bonds is 4. The van der Waals surface area contributed by atoms with Crippen molar-refractivity contribution in [2.75, 3.05) is 13.1 Å². The first-order chi connectivity index (χ1) is 14.4. The molecule has 1 amide bonds. The minimum atomic E-state index is -1.15. The van der Waals surface area contributed by atoms with Crippen LogP contribution >= 0.6 is 0 Å². The van der Waals surface area contributed by atoms with Crippen LogP contribution in [0.4, 0.5) is 9.18 Å². The molecule has 1 saturated carbocycles. The lowest BCUT2D eigenvalue weighted by Crippen LogP contribution is -2.38. The molecule has 6 nitrogen and oxygen atoms in total. The van der Waals surface area contributed by atoms with Crippen LogP contribution in [-0.2, 0) is 10.3 Å². The van der Waals surface area contributed by atoms with Crippen LogP contribution in [0.15, 0.2) is 36.4 Å². The molecule has 1 N–H and O–H groups in total. The Hall–Kier alpha value is -2.67. The number of pyridine rings is 1. The third-order valence-electron chi connectivity index (χ3n) is 5.60. The van der Waals surface area contributed by atoms with Crippen molar-refractivity contribution in [3.63, 3.8) is 0 Å². The maximum absolute atomic E-state index is 13.3. The molecule has 0 spiro atoms. The Morgan fingerprint density at radius 2 is 1.71 bits per heavy atom. The first-order valence-corrected chi connectivity index (χ1v) is 10.6. The van der Waals surface area contributed by atoms with E-state index < -0.39 is 11.2 Å². The van der Waals surface area contributed by atoms with Gasteiger partial charge in [-0.3, -0.25) is 0 Å². The Bertz CT molecular complexity index is 967. The second-order valence-electron chi connectivity index (χ2n) is 9.93. The smallest absolute Gasteiger partial charge is 0.410 e. The Labute approximate surface area is 182 Å². The predicted molar refractivity (Wildman–Crippen MR) is 114 cm³/mol. The molecule has 7 heteroatoms. The highest BCUT2D eigenvalue weighted by molar-refractivity contribution is 5.69. The number of aliphatic hydroxyl groups is 1. The van der Waals surface area contributed by atoms with Crippen LogP contribution in [0.2, 0.25) is 0 Å². The van der Waals surface area contributed by atoms with Crippen molar-refractivity contribution in [3.05, 3.63) is 47.9 Å². The molecule has 2 heterocycles. The van der Waals surface area contributed by atoms with Crippen LogP contribution in [-0.4, -0.2) is 45.9 Å². The van der Waals surface area contributed by atoms with Gasteiger partial charge in [-0.15, -0.1) is 0 Å². The standard InChI is InChI=1S/C24H29FN2O4/c1-23(2,3)31-22(28)27-12-17-18(13-27)21(17)30-16-10-19(14-6-8-15(25)9-7-14)26-20(11-16)24(4,5)29/h6-11,17-18,21,29H,12-13H2,1-5H3/t17-,18+,21?. The molecular weight excluding hydrogens is 399 g/mol. The summed E-state index contributed by atoms with van der Waals surface area (Å²) in [4.78, 5) is 18.6. The van der Waals surface area contributed by atoms with E-state index in [2.05, 4.69) is 4.98 Å². The van der Waals surface area contributed by atoms with Crippen LogP contribution in [0, 0.1) is 17.7 Å². The SMILES string of the molecule is CC(C)(C)OC(=O)N1C[C@@H]2C(Oc3cc(-c4ccc(F)cc4)nc(C(C)(C)O)c3)[C@@H]2C1. The average Bonchev–Trinajstić information content (AvgIpc) is 3.09. The van der Waals surface area contributed by atoms with E-state index in [9.17, 15) is 14.3 Å². The molecule has 1 aromatic heterocycles. The summed E-state index contributed by atoms with van der Waals surface area (Å²) in [6.45, 7) is 10.1. The Morgan fingerprint density at radius 3 is 2.26 bits per heavy atom. The first-order valence-electron chi connectivity index (χ1n) is 10.6. The molecule has 2 aromatic rings. The van der Waals surface area contributed by atoms with E-state index in [0.717, 1.165) is 5.56 Å². The number of amides is 1. The highest BCUT2D eigenvalue weighted by atomic mass is 19.1. The van der Waals surface area contributed by atoms with Gasteiger partial charge in [-0.25, -0.2) is 14.2 Å². The minimum absolute atomic E-state index is 0.0109. The van der Waals surface area contributed by atoms with Gasteiger partial charge in [-0.1, -0.05) is 0 Å². The van der Waals surface area contributed by atoms with Crippen molar-refractivity contribution in [1.82, 2.24) is 9.88 Å². The fourth-order valence-corrected chi connectivity index (χ4v) is 3.93. The molecule has 2 fully saturated rings. The topological polar surface area (TPSA) is 71.9 Å². The van der Waals surface area contributed by atoms with Crippen molar-refractivity contribution in [1.29, 1.82) is 0 Å². The number of carbonyl (C=O) groups excluding carboxylic acids is 1. The van der Waals surface area contributed by atoms with Gasteiger partial charge in [0, 0.05) is 42.6 Å². The second kappa shape index (κ2) is 7.48. The third-order valence-corrected chi connectivity index (χ3v) is 5.60. The Kier molecular flexibility index (Phi) is 5.20. The van der Waals surface area contributed by atoms with Gasteiger partial charge in [0.15, 0.2) is 0 Å². The fraction of sp³-hybridized carbons (Fsp3) is 0.500. The maximum Gasteiger partial charge on any atom is 0.410 e. The summed E-state index contributed by atoms with van der Waals surface area (Å²) in [6, 6.07) is 9.62. The molecule has 1 aliphatic carbocycles.